The Morgan fingerprint density at radius 2 is 2.33 bits per heavy atom. The first-order valence-electron chi connectivity index (χ1n) is 4.44. The van der Waals surface area contributed by atoms with E-state index in [2.05, 4.69) is 5.32 Å². The van der Waals surface area contributed by atoms with Gasteiger partial charge in [0.2, 0.25) is 5.06 Å². The van der Waals surface area contributed by atoms with Gasteiger partial charge in [0.05, 0.1) is 11.3 Å². The van der Waals surface area contributed by atoms with Gasteiger partial charge in [0.25, 0.3) is 0 Å². The van der Waals surface area contributed by atoms with Crippen molar-refractivity contribution in [1.29, 1.82) is 0 Å². The van der Waals surface area contributed by atoms with E-state index in [1.165, 1.54) is 17.8 Å². The summed E-state index contributed by atoms with van der Waals surface area (Å²) in [6.45, 7) is 1.90. The molecule has 0 spiro atoms. The van der Waals surface area contributed by atoms with Crippen LogP contribution in [-0.4, -0.2) is 22.4 Å². The lowest BCUT2D eigenvalue weighted by Crippen LogP contribution is -2.31. The molecule has 1 aromatic rings. The molecular formula is C10H11NO3S. The first kappa shape index (κ1) is 10.2. The van der Waals surface area contributed by atoms with Crippen molar-refractivity contribution in [3.63, 3.8) is 0 Å². The maximum Gasteiger partial charge on any atom is 0.335 e. The minimum absolute atomic E-state index is 0.259. The van der Waals surface area contributed by atoms with Gasteiger partial charge < -0.3 is 15.2 Å². The number of hydrogen-bond donors (Lipinski definition) is 2. The summed E-state index contributed by atoms with van der Waals surface area (Å²) in [7, 11) is 0. The molecule has 5 heteroatoms. The molecule has 1 aliphatic rings. The maximum absolute atomic E-state index is 10.8. The number of carbonyl (C=O) groups is 1. The molecule has 1 heterocycles. The zero-order valence-electron chi connectivity index (χ0n) is 8.40. The van der Waals surface area contributed by atoms with E-state index in [-0.39, 0.29) is 5.56 Å². The molecule has 2 N–H and O–H groups in total. The molecule has 0 amide bonds. The lowest BCUT2D eigenvalue weighted by molar-refractivity contribution is 0.0697. The summed E-state index contributed by atoms with van der Waals surface area (Å²) >= 11 is 1.52. The van der Waals surface area contributed by atoms with Crippen LogP contribution in [0.25, 0.3) is 0 Å². The molecule has 0 aliphatic carbocycles. The summed E-state index contributed by atoms with van der Waals surface area (Å²) in [5, 5.41) is 11.5. The van der Waals surface area contributed by atoms with Crippen molar-refractivity contribution in [3.8, 4) is 5.75 Å². The zero-order chi connectivity index (χ0) is 11.1. The molecule has 0 saturated heterocycles. The number of benzene rings is 1. The summed E-state index contributed by atoms with van der Waals surface area (Å²) in [6, 6.07) is 4.79. The van der Waals surface area contributed by atoms with Gasteiger partial charge in [0, 0.05) is 6.92 Å². The Balaban J connectivity index is 2.35. The molecular weight excluding hydrogens is 214 g/mol. The molecule has 0 radical (unpaired) electrons. The van der Waals surface area contributed by atoms with Crippen LogP contribution in [-0.2, 0) is 0 Å². The summed E-state index contributed by atoms with van der Waals surface area (Å²) in [6.07, 6.45) is 1.93. The smallest absolute Gasteiger partial charge is 0.335 e. The van der Waals surface area contributed by atoms with Gasteiger partial charge in [0.15, 0.2) is 0 Å². The summed E-state index contributed by atoms with van der Waals surface area (Å²) in [4.78, 5) is 10.8. The highest BCUT2D eigenvalue weighted by molar-refractivity contribution is 7.99. The van der Waals surface area contributed by atoms with Crippen molar-refractivity contribution in [1.82, 2.24) is 0 Å². The Kier molecular flexibility index (Phi) is 2.26. The van der Waals surface area contributed by atoms with Gasteiger partial charge in [-0.3, -0.25) is 0 Å². The van der Waals surface area contributed by atoms with Gasteiger partial charge in [-0.05, 0) is 24.5 Å². The second-order valence-electron chi connectivity index (χ2n) is 3.39. The summed E-state index contributed by atoms with van der Waals surface area (Å²) in [5.74, 6) is -0.241. The number of thioether (sulfide) groups is 1. The zero-order valence-corrected chi connectivity index (χ0v) is 9.22. The average Bonchev–Trinajstić information content (AvgIpc) is 2.53. The summed E-state index contributed by atoms with van der Waals surface area (Å²) < 4.78 is 5.64. The third-order valence-electron chi connectivity index (χ3n) is 2.28. The number of anilines is 1. The quantitative estimate of drug-likeness (QED) is 0.808. The van der Waals surface area contributed by atoms with Crippen LogP contribution in [0.5, 0.6) is 5.75 Å². The highest BCUT2D eigenvalue weighted by Gasteiger charge is 2.33. The highest BCUT2D eigenvalue weighted by atomic mass is 32.2. The van der Waals surface area contributed by atoms with E-state index in [4.69, 9.17) is 9.84 Å². The van der Waals surface area contributed by atoms with Crippen LogP contribution >= 0.6 is 11.8 Å². The van der Waals surface area contributed by atoms with E-state index in [9.17, 15) is 4.79 Å². The van der Waals surface area contributed by atoms with Crippen molar-refractivity contribution in [2.24, 2.45) is 0 Å². The fraction of sp³-hybridized carbons (Fsp3) is 0.300. The van der Waals surface area contributed by atoms with Gasteiger partial charge in [-0.1, -0.05) is 11.8 Å². The molecule has 80 valence electrons. The van der Waals surface area contributed by atoms with Gasteiger partial charge in [0.1, 0.15) is 5.75 Å². The number of rotatable bonds is 2. The lowest BCUT2D eigenvalue weighted by Gasteiger charge is -2.21. The Bertz CT molecular complexity index is 421. The van der Waals surface area contributed by atoms with Gasteiger partial charge in [-0.2, -0.15) is 0 Å². The monoisotopic (exact) mass is 225 g/mol. The highest BCUT2D eigenvalue weighted by Crippen LogP contribution is 2.41. The maximum atomic E-state index is 10.8. The molecule has 0 saturated carbocycles. The molecule has 2 rings (SSSR count). The first-order valence-corrected chi connectivity index (χ1v) is 5.66. The average molecular weight is 225 g/mol. The topological polar surface area (TPSA) is 58.6 Å². The summed E-state index contributed by atoms with van der Waals surface area (Å²) in [5.41, 5.74) is 0.988. The van der Waals surface area contributed by atoms with Crippen molar-refractivity contribution >= 4 is 23.4 Å². The predicted octanol–water partition coefficient (Wildman–Crippen LogP) is 2.23. The van der Waals surface area contributed by atoms with Crippen molar-refractivity contribution in [2.45, 2.75) is 12.0 Å². The van der Waals surface area contributed by atoms with Gasteiger partial charge in [-0.25, -0.2) is 4.79 Å². The van der Waals surface area contributed by atoms with Crippen LogP contribution in [0.2, 0.25) is 0 Å². The second kappa shape index (κ2) is 3.34. The standard InChI is InChI=1S/C10H11NO3S/c1-10(15-2)11-7-5-6(9(12)13)3-4-8(7)14-10/h3-5,11H,1-2H3,(H,12,13). The van der Waals surface area contributed by atoms with E-state index < -0.39 is 11.0 Å². The third-order valence-corrected chi connectivity index (χ3v) is 3.25. The SMILES string of the molecule is CSC1(C)Nc2cc(C(=O)O)ccc2O1. The fourth-order valence-corrected chi connectivity index (χ4v) is 1.81. The Morgan fingerprint density at radius 1 is 1.60 bits per heavy atom. The number of hydrogen-bond acceptors (Lipinski definition) is 4. The number of nitrogens with one attached hydrogen (secondary N) is 1. The minimum atomic E-state index is -0.933. The molecule has 1 aromatic carbocycles. The molecule has 15 heavy (non-hydrogen) atoms. The van der Waals surface area contributed by atoms with Crippen molar-refractivity contribution in [3.05, 3.63) is 23.8 Å². The van der Waals surface area contributed by atoms with Gasteiger partial charge >= 0.3 is 5.97 Å². The van der Waals surface area contributed by atoms with Crippen molar-refractivity contribution < 1.29 is 14.6 Å². The lowest BCUT2D eigenvalue weighted by atomic mass is 10.2. The molecule has 1 aliphatic heterocycles. The molecule has 1 atom stereocenters. The number of aromatic carboxylic acids is 1. The Morgan fingerprint density at radius 3 is 2.93 bits per heavy atom. The van der Waals surface area contributed by atoms with Crippen LogP contribution in [0.3, 0.4) is 0 Å². The van der Waals surface area contributed by atoms with Crippen LogP contribution < -0.4 is 10.1 Å². The van der Waals surface area contributed by atoms with E-state index in [1.807, 2.05) is 13.2 Å². The van der Waals surface area contributed by atoms with Crippen LogP contribution in [0, 0.1) is 0 Å². The number of ether oxygens (including phenoxy) is 1. The van der Waals surface area contributed by atoms with Crippen LogP contribution in [0.1, 0.15) is 17.3 Å². The molecule has 4 nitrogen and oxygen atoms in total. The first-order chi connectivity index (χ1) is 7.04. The second-order valence-corrected chi connectivity index (χ2v) is 4.58. The van der Waals surface area contributed by atoms with E-state index in [0.717, 1.165) is 5.69 Å². The normalized spacial score (nSPS) is 22.8. The third kappa shape index (κ3) is 1.74. The van der Waals surface area contributed by atoms with Crippen molar-refractivity contribution in [2.75, 3.05) is 11.6 Å². The van der Waals surface area contributed by atoms with E-state index in [0.29, 0.717) is 5.75 Å². The Hall–Kier alpha value is -1.36. The Labute approximate surface area is 91.6 Å². The fourth-order valence-electron chi connectivity index (χ4n) is 1.42. The van der Waals surface area contributed by atoms with E-state index >= 15 is 0 Å². The number of carboxylic acids is 1. The van der Waals surface area contributed by atoms with Gasteiger partial charge in [-0.15, -0.1) is 0 Å². The molecule has 0 aromatic heterocycles. The van der Waals surface area contributed by atoms with E-state index in [1.54, 1.807) is 12.1 Å². The van der Waals surface area contributed by atoms with Crippen LogP contribution in [0.15, 0.2) is 18.2 Å². The minimum Gasteiger partial charge on any atom is -0.478 e. The number of carboxylic acid groups (broad SMARTS) is 1. The number of fused-ring (bicyclic) bond motifs is 1. The molecule has 0 bridgehead atoms. The molecule has 0 fully saturated rings. The predicted molar refractivity (Wildman–Crippen MR) is 59.6 cm³/mol. The largest absolute Gasteiger partial charge is 0.478 e. The molecule has 1 unspecified atom stereocenters. The van der Waals surface area contributed by atoms with Crippen LogP contribution in [0.4, 0.5) is 5.69 Å².